The maximum atomic E-state index is 11.5. The summed E-state index contributed by atoms with van der Waals surface area (Å²) in [4.78, 5) is 2.63. The summed E-state index contributed by atoms with van der Waals surface area (Å²) in [5, 5.41) is 0. The first kappa shape index (κ1) is 16.7. The van der Waals surface area contributed by atoms with Gasteiger partial charge in [-0.15, -0.1) is 0 Å². The van der Waals surface area contributed by atoms with Crippen LogP contribution in [0.25, 0.3) is 0 Å². The predicted molar refractivity (Wildman–Crippen MR) is 90.6 cm³/mol. The molecular weight excluding hydrogens is 294 g/mol. The average Bonchev–Trinajstić information content (AvgIpc) is 2.48. The topological polar surface area (TPSA) is 37.4 Å². The molecule has 2 aromatic carbocycles. The lowest BCUT2D eigenvalue weighted by Crippen LogP contribution is -2.22. The standard InChI is InChI=1S/C18H23NO2S/c1-14-7-5-6-8-17(14)13-19(3)15(2)16-9-11-18(12-10-16)22(4,20)21/h5-12,15H,13H2,1-4H3/t15-/m1/s1. The highest BCUT2D eigenvalue weighted by Gasteiger charge is 2.14. The number of benzene rings is 2. The smallest absolute Gasteiger partial charge is 0.175 e. The minimum absolute atomic E-state index is 0.216. The lowest BCUT2D eigenvalue weighted by atomic mass is 10.0. The molecule has 0 aliphatic carbocycles. The van der Waals surface area contributed by atoms with E-state index >= 15 is 0 Å². The van der Waals surface area contributed by atoms with Gasteiger partial charge in [-0.3, -0.25) is 4.90 Å². The number of hydrogen-bond acceptors (Lipinski definition) is 3. The fourth-order valence-electron chi connectivity index (χ4n) is 2.44. The van der Waals surface area contributed by atoms with Gasteiger partial charge >= 0.3 is 0 Å². The molecule has 0 fully saturated rings. The molecule has 0 N–H and O–H groups in total. The Balaban J connectivity index is 2.14. The molecule has 0 saturated carbocycles. The van der Waals surface area contributed by atoms with Gasteiger partial charge in [0.25, 0.3) is 0 Å². The number of aryl methyl sites for hydroxylation is 1. The van der Waals surface area contributed by atoms with Crippen LogP contribution in [0.1, 0.15) is 29.7 Å². The summed E-state index contributed by atoms with van der Waals surface area (Å²) in [6, 6.07) is 15.7. The third kappa shape index (κ3) is 3.96. The minimum atomic E-state index is -3.13. The van der Waals surface area contributed by atoms with Crippen molar-refractivity contribution in [3.8, 4) is 0 Å². The van der Waals surface area contributed by atoms with Crippen molar-refractivity contribution >= 4 is 9.84 Å². The van der Waals surface area contributed by atoms with E-state index in [1.165, 1.54) is 17.4 Å². The second-order valence-electron chi connectivity index (χ2n) is 5.86. The summed E-state index contributed by atoms with van der Waals surface area (Å²) < 4.78 is 23.0. The quantitative estimate of drug-likeness (QED) is 0.845. The molecule has 1 atom stereocenters. The van der Waals surface area contributed by atoms with Gasteiger partial charge in [0, 0.05) is 18.8 Å². The highest BCUT2D eigenvalue weighted by molar-refractivity contribution is 7.90. The van der Waals surface area contributed by atoms with Crippen molar-refractivity contribution in [1.29, 1.82) is 0 Å². The Labute approximate surface area is 133 Å². The van der Waals surface area contributed by atoms with E-state index in [0.717, 1.165) is 12.1 Å². The highest BCUT2D eigenvalue weighted by atomic mass is 32.2. The average molecular weight is 317 g/mol. The van der Waals surface area contributed by atoms with Gasteiger partial charge in [0.05, 0.1) is 4.90 Å². The third-order valence-corrected chi connectivity index (χ3v) is 5.26. The van der Waals surface area contributed by atoms with E-state index in [9.17, 15) is 8.42 Å². The molecule has 0 aliphatic rings. The zero-order valence-electron chi connectivity index (χ0n) is 13.6. The van der Waals surface area contributed by atoms with Crippen molar-refractivity contribution in [1.82, 2.24) is 4.90 Å². The molecule has 0 saturated heterocycles. The maximum Gasteiger partial charge on any atom is 0.175 e. The van der Waals surface area contributed by atoms with E-state index in [1.54, 1.807) is 12.1 Å². The van der Waals surface area contributed by atoms with Gasteiger partial charge < -0.3 is 0 Å². The van der Waals surface area contributed by atoms with Gasteiger partial charge in [0.15, 0.2) is 9.84 Å². The molecule has 0 aromatic heterocycles. The Kier molecular flexibility index (Phi) is 5.04. The van der Waals surface area contributed by atoms with Crippen molar-refractivity contribution in [3.63, 3.8) is 0 Å². The van der Waals surface area contributed by atoms with Crippen LogP contribution in [0.15, 0.2) is 53.4 Å². The van der Waals surface area contributed by atoms with Gasteiger partial charge in [-0.1, -0.05) is 36.4 Å². The summed E-state index contributed by atoms with van der Waals surface area (Å²) in [6.07, 6.45) is 1.23. The SMILES string of the molecule is Cc1ccccc1CN(C)[C@H](C)c1ccc(S(C)(=O)=O)cc1. The largest absolute Gasteiger partial charge is 0.295 e. The summed E-state index contributed by atoms with van der Waals surface area (Å²) in [5.74, 6) is 0. The molecule has 0 spiro atoms. The molecule has 0 unspecified atom stereocenters. The van der Waals surface area contributed by atoms with E-state index in [0.29, 0.717) is 4.90 Å². The summed E-state index contributed by atoms with van der Waals surface area (Å²) in [7, 11) is -1.05. The Morgan fingerprint density at radius 2 is 1.64 bits per heavy atom. The number of rotatable bonds is 5. The van der Waals surface area contributed by atoms with E-state index in [-0.39, 0.29) is 6.04 Å². The van der Waals surface area contributed by atoms with Crippen LogP contribution in [0.2, 0.25) is 0 Å². The van der Waals surface area contributed by atoms with Crippen molar-refractivity contribution in [3.05, 3.63) is 65.2 Å². The monoisotopic (exact) mass is 317 g/mol. The van der Waals surface area contributed by atoms with Crippen LogP contribution in [-0.2, 0) is 16.4 Å². The molecule has 118 valence electrons. The summed E-state index contributed by atoms with van der Waals surface area (Å²) in [6.45, 7) is 5.12. The van der Waals surface area contributed by atoms with E-state index in [4.69, 9.17) is 0 Å². The minimum Gasteiger partial charge on any atom is -0.295 e. The molecule has 2 rings (SSSR count). The Morgan fingerprint density at radius 1 is 1.05 bits per heavy atom. The van der Waals surface area contributed by atoms with Gasteiger partial charge in [-0.25, -0.2) is 8.42 Å². The van der Waals surface area contributed by atoms with Gasteiger partial charge in [0.1, 0.15) is 0 Å². The van der Waals surface area contributed by atoms with E-state index < -0.39 is 9.84 Å². The highest BCUT2D eigenvalue weighted by Crippen LogP contribution is 2.23. The van der Waals surface area contributed by atoms with Crippen molar-refractivity contribution < 1.29 is 8.42 Å². The number of sulfone groups is 1. The fourth-order valence-corrected chi connectivity index (χ4v) is 3.07. The lowest BCUT2D eigenvalue weighted by molar-refractivity contribution is 0.252. The number of hydrogen-bond donors (Lipinski definition) is 0. The van der Waals surface area contributed by atoms with Crippen molar-refractivity contribution in [2.75, 3.05) is 13.3 Å². The zero-order chi connectivity index (χ0) is 16.3. The van der Waals surface area contributed by atoms with Crippen LogP contribution >= 0.6 is 0 Å². The van der Waals surface area contributed by atoms with Crippen LogP contribution in [0.3, 0.4) is 0 Å². The van der Waals surface area contributed by atoms with Crippen LogP contribution in [0.5, 0.6) is 0 Å². The third-order valence-electron chi connectivity index (χ3n) is 4.13. The molecule has 22 heavy (non-hydrogen) atoms. The maximum absolute atomic E-state index is 11.5. The van der Waals surface area contributed by atoms with Crippen LogP contribution < -0.4 is 0 Å². The lowest BCUT2D eigenvalue weighted by Gasteiger charge is -2.26. The van der Waals surface area contributed by atoms with Crippen LogP contribution in [-0.4, -0.2) is 26.6 Å². The summed E-state index contributed by atoms with van der Waals surface area (Å²) in [5.41, 5.74) is 3.71. The first-order valence-electron chi connectivity index (χ1n) is 7.34. The van der Waals surface area contributed by atoms with Crippen molar-refractivity contribution in [2.45, 2.75) is 31.3 Å². The second kappa shape index (κ2) is 6.63. The van der Waals surface area contributed by atoms with Crippen LogP contribution in [0.4, 0.5) is 0 Å². The molecule has 3 nitrogen and oxygen atoms in total. The second-order valence-corrected chi connectivity index (χ2v) is 7.87. The predicted octanol–water partition coefficient (Wildman–Crippen LogP) is 3.59. The molecule has 2 aromatic rings. The summed E-state index contributed by atoms with van der Waals surface area (Å²) >= 11 is 0. The fraction of sp³-hybridized carbons (Fsp3) is 0.333. The Hall–Kier alpha value is -1.65. The molecule has 0 bridgehead atoms. The Morgan fingerprint density at radius 3 is 2.18 bits per heavy atom. The van der Waals surface area contributed by atoms with Crippen LogP contribution in [0, 0.1) is 6.92 Å². The molecular formula is C18H23NO2S. The first-order chi connectivity index (χ1) is 10.3. The molecule has 4 heteroatoms. The first-order valence-corrected chi connectivity index (χ1v) is 9.23. The molecule has 0 amide bonds. The number of nitrogens with zero attached hydrogens (tertiary/aromatic N) is 1. The van der Waals surface area contributed by atoms with Gasteiger partial charge in [-0.05, 0) is 49.7 Å². The van der Waals surface area contributed by atoms with Gasteiger partial charge in [0.2, 0.25) is 0 Å². The molecule has 0 radical (unpaired) electrons. The normalized spacial score (nSPS) is 13.3. The Bertz CT molecular complexity index is 736. The van der Waals surface area contributed by atoms with E-state index in [2.05, 4.69) is 44.0 Å². The molecule has 0 aliphatic heterocycles. The van der Waals surface area contributed by atoms with Gasteiger partial charge in [-0.2, -0.15) is 0 Å². The molecule has 0 heterocycles. The van der Waals surface area contributed by atoms with E-state index in [1.807, 2.05) is 18.2 Å². The zero-order valence-corrected chi connectivity index (χ0v) is 14.4. The van der Waals surface area contributed by atoms with Crippen molar-refractivity contribution in [2.24, 2.45) is 0 Å².